The topological polar surface area (TPSA) is 81.2 Å². The number of anilines is 1. The van der Waals surface area contributed by atoms with Crippen LogP contribution >= 0.6 is 0 Å². The quantitative estimate of drug-likeness (QED) is 0.452. The van der Waals surface area contributed by atoms with Gasteiger partial charge < -0.3 is 19.9 Å². The van der Waals surface area contributed by atoms with Crippen LogP contribution in [0.25, 0.3) is 22.1 Å². The van der Waals surface area contributed by atoms with Gasteiger partial charge in [-0.1, -0.05) is 45.2 Å². The zero-order chi connectivity index (χ0) is 22.4. The molecule has 0 unspecified atom stereocenters. The molecule has 7 heteroatoms. The predicted octanol–water partition coefficient (Wildman–Crippen LogP) is 4.22. The Hall–Kier alpha value is -3.19. The van der Waals surface area contributed by atoms with Gasteiger partial charge in [-0.25, -0.2) is 15.0 Å². The molecule has 2 N–H and O–H groups in total. The largest absolute Gasteiger partial charge is 0.506 e. The Kier molecular flexibility index (Phi) is 7.41. The number of H-pyrrole nitrogens is 1. The van der Waals surface area contributed by atoms with Gasteiger partial charge in [0.2, 0.25) is 0 Å². The highest BCUT2D eigenvalue weighted by atomic mass is 16.3. The molecule has 0 aromatic carbocycles. The van der Waals surface area contributed by atoms with Gasteiger partial charge >= 0.3 is 0 Å². The molecular formula is C24H32N6O. The fourth-order valence-corrected chi connectivity index (χ4v) is 3.74. The van der Waals surface area contributed by atoms with E-state index in [-0.39, 0.29) is 5.75 Å². The van der Waals surface area contributed by atoms with Crippen LogP contribution < -0.4 is 4.90 Å². The molecule has 0 bridgehead atoms. The smallest absolute Gasteiger partial charge is 0.145 e. The van der Waals surface area contributed by atoms with Crippen LogP contribution in [-0.4, -0.2) is 62.7 Å². The van der Waals surface area contributed by atoms with Crippen LogP contribution in [-0.2, 0) is 6.42 Å². The number of hydrogen-bond acceptors (Lipinski definition) is 6. The van der Waals surface area contributed by atoms with Crippen LogP contribution in [0, 0.1) is 0 Å². The van der Waals surface area contributed by atoms with E-state index in [1.165, 1.54) is 6.20 Å². The minimum absolute atomic E-state index is 0.116. The number of pyridine rings is 1. The van der Waals surface area contributed by atoms with Crippen LogP contribution in [0.15, 0.2) is 49.2 Å². The van der Waals surface area contributed by atoms with E-state index in [0.717, 1.165) is 66.2 Å². The molecule has 3 aromatic heterocycles. The molecule has 3 aromatic rings. The van der Waals surface area contributed by atoms with Gasteiger partial charge in [0, 0.05) is 32.1 Å². The maximum atomic E-state index is 9.88. The molecule has 0 spiro atoms. The summed E-state index contributed by atoms with van der Waals surface area (Å²) in [5, 5.41) is 10.8. The van der Waals surface area contributed by atoms with E-state index < -0.39 is 0 Å². The lowest BCUT2D eigenvalue weighted by Gasteiger charge is -2.27. The number of aromatic amines is 1. The number of nitrogens with one attached hydrogen (secondary N) is 1. The van der Waals surface area contributed by atoms with Crippen molar-refractivity contribution in [3.05, 3.63) is 55.0 Å². The number of nitrogens with zero attached hydrogens (tertiary/aromatic N) is 5. The van der Waals surface area contributed by atoms with Crippen molar-refractivity contribution in [2.75, 3.05) is 37.6 Å². The number of aromatic hydroxyl groups is 1. The summed E-state index contributed by atoms with van der Waals surface area (Å²) in [7, 11) is 0. The molecule has 31 heavy (non-hydrogen) atoms. The predicted molar refractivity (Wildman–Crippen MR) is 129 cm³/mol. The molecule has 3 heterocycles. The zero-order valence-corrected chi connectivity index (χ0v) is 18.7. The summed E-state index contributed by atoms with van der Waals surface area (Å²) in [6.07, 6.45) is 7.48. The van der Waals surface area contributed by atoms with E-state index in [4.69, 9.17) is 9.97 Å². The van der Waals surface area contributed by atoms with Crippen LogP contribution in [0.5, 0.6) is 5.75 Å². The SMILES string of the molecule is C=C/C=C(\C=C)Cc1nc(N(CC)CCN(CC)CC)c2c(n1)[nH]c1cc(O)cnc12. The molecule has 0 fully saturated rings. The first-order valence-corrected chi connectivity index (χ1v) is 10.8. The molecule has 164 valence electrons. The fourth-order valence-electron chi connectivity index (χ4n) is 3.74. The lowest BCUT2D eigenvalue weighted by molar-refractivity contribution is 0.309. The van der Waals surface area contributed by atoms with Crippen molar-refractivity contribution in [2.45, 2.75) is 27.2 Å². The molecule has 0 saturated heterocycles. The minimum atomic E-state index is 0.116. The first-order valence-electron chi connectivity index (χ1n) is 10.8. The fraction of sp³-hybridized carbons (Fsp3) is 0.375. The van der Waals surface area contributed by atoms with Gasteiger partial charge in [-0.15, -0.1) is 0 Å². The summed E-state index contributed by atoms with van der Waals surface area (Å²) in [5.74, 6) is 1.68. The Morgan fingerprint density at radius 3 is 2.55 bits per heavy atom. The normalized spacial score (nSPS) is 12.1. The third kappa shape index (κ3) is 4.94. The summed E-state index contributed by atoms with van der Waals surface area (Å²) < 4.78 is 0. The van der Waals surface area contributed by atoms with Crippen LogP contribution in [0.4, 0.5) is 5.82 Å². The van der Waals surface area contributed by atoms with E-state index in [1.54, 1.807) is 18.2 Å². The summed E-state index contributed by atoms with van der Waals surface area (Å²) >= 11 is 0. The Morgan fingerprint density at radius 2 is 1.90 bits per heavy atom. The average molecular weight is 421 g/mol. The van der Waals surface area contributed by atoms with Crippen molar-refractivity contribution in [3.63, 3.8) is 0 Å². The second kappa shape index (κ2) is 10.2. The van der Waals surface area contributed by atoms with Crippen molar-refractivity contribution in [3.8, 4) is 5.75 Å². The second-order valence-electron chi connectivity index (χ2n) is 7.37. The highest BCUT2D eigenvalue weighted by Crippen LogP contribution is 2.32. The zero-order valence-electron chi connectivity index (χ0n) is 18.7. The molecule has 0 atom stereocenters. The highest BCUT2D eigenvalue weighted by Gasteiger charge is 2.20. The molecule has 0 aliphatic heterocycles. The van der Waals surface area contributed by atoms with Gasteiger partial charge in [-0.2, -0.15) is 0 Å². The maximum absolute atomic E-state index is 9.88. The van der Waals surface area contributed by atoms with E-state index in [9.17, 15) is 5.11 Å². The minimum Gasteiger partial charge on any atom is -0.506 e. The summed E-state index contributed by atoms with van der Waals surface area (Å²) in [5.41, 5.74) is 3.23. The summed E-state index contributed by atoms with van der Waals surface area (Å²) in [6.45, 7) is 18.8. The number of hydrogen-bond donors (Lipinski definition) is 2. The van der Waals surface area contributed by atoms with Gasteiger partial charge in [0.15, 0.2) is 0 Å². The van der Waals surface area contributed by atoms with E-state index in [0.29, 0.717) is 12.2 Å². The van der Waals surface area contributed by atoms with Crippen molar-refractivity contribution in [2.24, 2.45) is 0 Å². The molecule has 0 saturated carbocycles. The Balaban J connectivity index is 2.14. The van der Waals surface area contributed by atoms with Crippen LogP contribution in [0.1, 0.15) is 26.6 Å². The van der Waals surface area contributed by atoms with Crippen LogP contribution in [0.3, 0.4) is 0 Å². The highest BCUT2D eigenvalue weighted by molar-refractivity contribution is 6.09. The molecule has 0 radical (unpaired) electrons. The number of fused-ring (bicyclic) bond motifs is 3. The number of allylic oxidation sites excluding steroid dienone is 4. The Bertz CT molecular complexity index is 1100. The molecule has 0 aliphatic rings. The lowest BCUT2D eigenvalue weighted by atomic mass is 10.1. The van der Waals surface area contributed by atoms with Crippen molar-refractivity contribution in [1.29, 1.82) is 0 Å². The average Bonchev–Trinajstić information content (AvgIpc) is 3.13. The molecule has 3 rings (SSSR count). The number of aromatic nitrogens is 4. The first-order chi connectivity index (χ1) is 15.0. The molecule has 0 aliphatic carbocycles. The molecular weight excluding hydrogens is 388 g/mol. The Labute approximate surface area is 183 Å². The molecule has 7 nitrogen and oxygen atoms in total. The van der Waals surface area contributed by atoms with E-state index >= 15 is 0 Å². The van der Waals surface area contributed by atoms with Crippen molar-refractivity contribution < 1.29 is 5.11 Å². The van der Waals surface area contributed by atoms with E-state index in [2.05, 4.69) is 53.7 Å². The van der Waals surface area contributed by atoms with Gasteiger partial charge in [0.1, 0.15) is 28.6 Å². The molecule has 0 amide bonds. The number of rotatable bonds is 11. The van der Waals surface area contributed by atoms with Crippen LogP contribution in [0.2, 0.25) is 0 Å². The van der Waals surface area contributed by atoms with Gasteiger partial charge in [0.25, 0.3) is 0 Å². The van der Waals surface area contributed by atoms with Crippen molar-refractivity contribution in [1.82, 2.24) is 24.8 Å². The van der Waals surface area contributed by atoms with Crippen molar-refractivity contribution >= 4 is 27.9 Å². The number of likely N-dealkylation sites (N-methyl/N-ethyl adjacent to an activating group) is 2. The summed E-state index contributed by atoms with van der Waals surface area (Å²) in [6, 6.07) is 1.67. The second-order valence-corrected chi connectivity index (χ2v) is 7.37. The van der Waals surface area contributed by atoms with E-state index in [1.807, 2.05) is 6.08 Å². The maximum Gasteiger partial charge on any atom is 0.145 e. The summed E-state index contributed by atoms with van der Waals surface area (Å²) in [4.78, 5) is 22.2. The Morgan fingerprint density at radius 1 is 1.13 bits per heavy atom. The third-order valence-corrected chi connectivity index (χ3v) is 5.52. The first kappa shape index (κ1) is 22.5. The standard InChI is InChI=1S/C24H32N6O/c1-6-11-17(7-2)14-20-27-23-21(22-19(26-23)15-18(31)16-25-22)24(28-20)30(10-5)13-12-29(8-3)9-4/h6-7,11,15-16,31H,1-2,8-10,12-14H2,3-5H3,(H,26,27,28)/b17-11+. The third-order valence-electron chi connectivity index (χ3n) is 5.52. The monoisotopic (exact) mass is 420 g/mol. The van der Waals surface area contributed by atoms with Gasteiger partial charge in [0.05, 0.1) is 17.1 Å². The lowest BCUT2D eigenvalue weighted by Crippen LogP contribution is -2.35. The van der Waals surface area contributed by atoms with Gasteiger partial charge in [-0.05, 0) is 25.6 Å². The van der Waals surface area contributed by atoms with Gasteiger partial charge in [-0.3, -0.25) is 0 Å².